The molecule has 10 nitrogen and oxygen atoms in total. The van der Waals surface area contributed by atoms with Gasteiger partial charge in [0.25, 0.3) is 11.4 Å². The highest BCUT2D eigenvalue weighted by Gasteiger charge is 2.38. The Bertz CT molecular complexity index is 1430. The van der Waals surface area contributed by atoms with Crippen LogP contribution in [0.25, 0.3) is 0 Å². The van der Waals surface area contributed by atoms with Gasteiger partial charge in [0.2, 0.25) is 0 Å². The largest absolute Gasteiger partial charge is 0.454 e. The zero-order chi connectivity index (χ0) is 26.1. The minimum atomic E-state index is -0.644. The molecule has 3 aromatic rings. The van der Waals surface area contributed by atoms with E-state index in [0.29, 0.717) is 5.56 Å². The third-order valence-electron chi connectivity index (χ3n) is 6.80. The predicted molar refractivity (Wildman–Crippen MR) is 134 cm³/mol. The van der Waals surface area contributed by atoms with Gasteiger partial charge >= 0.3 is 5.97 Å². The fraction of sp³-hybridized carbons (Fsp3) is 0.185. The lowest BCUT2D eigenvalue weighted by atomic mass is 9.76. The summed E-state index contributed by atoms with van der Waals surface area (Å²) in [6.07, 6.45) is 5.02. The molecular weight excluding hydrogens is 478 g/mol. The number of nitrogens with zero attached hydrogens (tertiary/aromatic N) is 2. The lowest BCUT2D eigenvalue weighted by Gasteiger charge is -2.37. The van der Waals surface area contributed by atoms with Gasteiger partial charge in [-0.05, 0) is 53.8 Å². The molecule has 0 radical (unpaired) electrons. The van der Waals surface area contributed by atoms with E-state index >= 15 is 0 Å². The van der Waals surface area contributed by atoms with Crippen molar-refractivity contribution in [2.75, 3.05) is 11.9 Å². The maximum atomic E-state index is 12.7. The summed E-state index contributed by atoms with van der Waals surface area (Å²) in [7, 11) is 0. The minimum Gasteiger partial charge on any atom is -0.454 e. The van der Waals surface area contributed by atoms with Crippen molar-refractivity contribution in [1.29, 1.82) is 0 Å². The van der Waals surface area contributed by atoms with Gasteiger partial charge in [0.05, 0.1) is 21.5 Å². The molecule has 0 saturated heterocycles. The molecule has 0 spiro atoms. The Hall–Kier alpha value is -4.86. The number of rotatable bonds is 7. The van der Waals surface area contributed by atoms with Crippen LogP contribution in [0.1, 0.15) is 50.2 Å². The van der Waals surface area contributed by atoms with Crippen LogP contribution in [-0.4, -0.2) is 28.2 Å². The van der Waals surface area contributed by atoms with E-state index in [0.717, 1.165) is 23.2 Å². The average Bonchev–Trinajstić information content (AvgIpc) is 3.41. The van der Waals surface area contributed by atoms with E-state index in [4.69, 9.17) is 4.74 Å². The maximum Gasteiger partial charge on any atom is 0.338 e. The number of nitrogens with one attached hydrogen (secondary N) is 1. The molecule has 0 saturated carbocycles. The third-order valence-corrected chi connectivity index (χ3v) is 6.80. The summed E-state index contributed by atoms with van der Waals surface area (Å²) in [5.41, 5.74) is 3.17. The second kappa shape index (κ2) is 9.65. The van der Waals surface area contributed by atoms with Gasteiger partial charge in [0.1, 0.15) is 0 Å². The number of hydrogen-bond acceptors (Lipinski definition) is 8. The number of Topliss-reactive ketones (excluding diaryl/α,β-unsaturated/α-hetero) is 1. The van der Waals surface area contributed by atoms with Gasteiger partial charge in [-0.25, -0.2) is 4.79 Å². The first-order valence-electron chi connectivity index (χ1n) is 11.6. The smallest absolute Gasteiger partial charge is 0.338 e. The molecule has 3 aromatic carbocycles. The molecule has 0 amide bonds. The van der Waals surface area contributed by atoms with Gasteiger partial charge in [0.15, 0.2) is 12.4 Å². The third kappa shape index (κ3) is 4.68. The van der Waals surface area contributed by atoms with Crippen molar-refractivity contribution >= 4 is 28.8 Å². The summed E-state index contributed by atoms with van der Waals surface area (Å²) in [4.78, 5) is 45.9. The zero-order valence-electron chi connectivity index (χ0n) is 19.4. The Balaban J connectivity index is 1.30. The molecule has 1 aliphatic heterocycles. The zero-order valence-corrected chi connectivity index (χ0v) is 19.4. The molecule has 0 fully saturated rings. The molecule has 1 N–H and O–H groups in total. The van der Waals surface area contributed by atoms with Crippen LogP contribution in [-0.2, 0) is 4.74 Å². The first kappa shape index (κ1) is 23.9. The molecule has 0 aromatic heterocycles. The van der Waals surface area contributed by atoms with Gasteiger partial charge in [-0.15, -0.1) is 0 Å². The number of ether oxygens (including phenoxy) is 1. The summed E-state index contributed by atoms with van der Waals surface area (Å²) in [5, 5.41) is 25.3. The quantitative estimate of drug-likeness (QED) is 0.150. The summed E-state index contributed by atoms with van der Waals surface area (Å²) in [6.45, 7) is -0.486. The Morgan fingerprint density at radius 2 is 1.51 bits per heavy atom. The van der Waals surface area contributed by atoms with Gasteiger partial charge in [-0.3, -0.25) is 25.0 Å². The number of benzene rings is 3. The summed E-state index contributed by atoms with van der Waals surface area (Å²) in [5.74, 6) is -0.892. The Morgan fingerprint density at radius 1 is 0.892 bits per heavy atom. The molecule has 5 rings (SSSR count). The molecule has 37 heavy (non-hydrogen) atoms. The second-order valence-corrected chi connectivity index (χ2v) is 8.93. The van der Waals surface area contributed by atoms with Crippen LogP contribution in [0.4, 0.5) is 17.1 Å². The molecule has 0 unspecified atom stereocenters. The highest BCUT2D eigenvalue weighted by atomic mass is 16.6. The van der Waals surface area contributed by atoms with Crippen molar-refractivity contribution in [3.05, 3.63) is 121 Å². The van der Waals surface area contributed by atoms with Crippen LogP contribution in [0, 0.1) is 26.1 Å². The molecule has 186 valence electrons. The van der Waals surface area contributed by atoms with Crippen LogP contribution >= 0.6 is 0 Å². The van der Waals surface area contributed by atoms with Gasteiger partial charge < -0.3 is 10.1 Å². The number of esters is 1. The summed E-state index contributed by atoms with van der Waals surface area (Å²) >= 11 is 0. The summed E-state index contributed by atoms with van der Waals surface area (Å²) in [6, 6.07) is 16.8. The van der Waals surface area contributed by atoms with Gasteiger partial charge in [-0.1, -0.05) is 24.3 Å². The van der Waals surface area contributed by atoms with Gasteiger partial charge in [-0.2, -0.15) is 0 Å². The maximum absolute atomic E-state index is 12.7. The number of anilines is 1. The van der Waals surface area contributed by atoms with Crippen LogP contribution < -0.4 is 5.32 Å². The highest BCUT2D eigenvalue weighted by molar-refractivity contribution is 5.99. The van der Waals surface area contributed by atoms with Crippen molar-refractivity contribution < 1.29 is 24.2 Å². The number of hydrogen-bond donors (Lipinski definition) is 1. The first-order valence-corrected chi connectivity index (χ1v) is 11.6. The van der Waals surface area contributed by atoms with Crippen molar-refractivity contribution in [3.63, 3.8) is 0 Å². The van der Waals surface area contributed by atoms with Crippen LogP contribution in [0.3, 0.4) is 0 Å². The van der Waals surface area contributed by atoms with Crippen molar-refractivity contribution in [3.8, 4) is 0 Å². The SMILES string of the molecule is O=C(COC(=O)c1ccc2c(c1)[C@H]1C=CC[C@H]1[C@@H](c1ccc([N+](=O)[O-])cc1)N2)c1ccc([N+](=O)[O-])cc1. The average molecular weight is 499 g/mol. The topological polar surface area (TPSA) is 142 Å². The molecule has 0 bridgehead atoms. The van der Waals surface area contributed by atoms with E-state index in [9.17, 15) is 29.8 Å². The first-order chi connectivity index (χ1) is 17.8. The van der Waals surface area contributed by atoms with E-state index in [1.54, 1.807) is 30.3 Å². The number of carbonyl (C=O) groups is 2. The Labute approximate surface area is 210 Å². The molecule has 10 heteroatoms. The van der Waals surface area contributed by atoms with Crippen molar-refractivity contribution in [2.24, 2.45) is 5.92 Å². The number of nitro benzene ring substituents is 2. The van der Waals surface area contributed by atoms with Crippen LogP contribution in [0.2, 0.25) is 0 Å². The van der Waals surface area contributed by atoms with Crippen molar-refractivity contribution in [1.82, 2.24) is 0 Å². The fourth-order valence-electron chi connectivity index (χ4n) is 4.92. The minimum absolute atomic E-state index is 0.0382. The number of allylic oxidation sites excluding steroid dienone is 2. The predicted octanol–water partition coefficient (Wildman–Crippen LogP) is 5.37. The normalized spacial score (nSPS) is 19.3. The van der Waals surface area contributed by atoms with E-state index < -0.39 is 28.2 Å². The fourth-order valence-corrected chi connectivity index (χ4v) is 4.92. The number of ketones is 1. The molecule has 1 heterocycles. The highest BCUT2D eigenvalue weighted by Crippen LogP contribution is 2.50. The molecule has 2 aliphatic rings. The van der Waals surface area contributed by atoms with E-state index in [1.165, 1.54) is 36.4 Å². The van der Waals surface area contributed by atoms with Crippen LogP contribution in [0.5, 0.6) is 0 Å². The number of carbonyl (C=O) groups excluding carboxylic acids is 2. The number of fused-ring (bicyclic) bond motifs is 3. The monoisotopic (exact) mass is 499 g/mol. The van der Waals surface area contributed by atoms with Crippen LogP contribution in [0.15, 0.2) is 78.9 Å². The Kier molecular flexibility index (Phi) is 6.22. The number of nitro groups is 2. The molecule has 1 aliphatic carbocycles. The lowest BCUT2D eigenvalue weighted by Crippen LogP contribution is -2.29. The van der Waals surface area contributed by atoms with E-state index in [1.807, 2.05) is 0 Å². The summed E-state index contributed by atoms with van der Waals surface area (Å²) < 4.78 is 5.23. The standard InChI is InChI=1S/C27H21N3O7/c31-25(16-4-9-19(10-5-16)29(33)34)15-37-27(32)18-8-13-24-23(14-18)21-2-1-3-22(21)26(28-24)17-6-11-20(12-7-17)30(35)36/h1-2,4-14,21-22,26,28H,3,15H2/t21-,22+,26+/m0/s1. The van der Waals surface area contributed by atoms with Crippen molar-refractivity contribution in [2.45, 2.75) is 18.4 Å². The molecule has 3 atom stereocenters. The van der Waals surface area contributed by atoms with Gasteiger partial charge in [0, 0.05) is 41.4 Å². The van der Waals surface area contributed by atoms with E-state index in [2.05, 4.69) is 17.5 Å². The Morgan fingerprint density at radius 3 is 2.16 bits per heavy atom. The second-order valence-electron chi connectivity index (χ2n) is 8.93. The lowest BCUT2D eigenvalue weighted by molar-refractivity contribution is -0.385. The molecular formula is C27H21N3O7. The number of non-ortho nitro benzene ring substituents is 2. The van der Waals surface area contributed by atoms with E-state index in [-0.39, 0.29) is 34.8 Å².